The summed E-state index contributed by atoms with van der Waals surface area (Å²) in [6.07, 6.45) is 0.871. The Labute approximate surface area is 124 Å². The van der Waals surface area contributed by atoms with Crippen LogP contribution in [0.5, 0.6) is 0 Å². The Morgan fingerprint density at radius 3 is 2.00 bits per heavy atom. The fraction of sp³-hybridized carbons (Fsp3) is 0.294. The number of hydrogen-bond acceptors (Lipinski definition) is 2. The number of hydrogen-bond donors (Lipinski definition) is 1. The van der Waals surface area contributed by atoms with Crippen LogP contribution in [0.3, 0.4) is 0 Å². The van der Waals surface area contributed by atoms with Gasteiger partial charge in [-0.25, -0.2) is 8.78 Å². The Balaban J connectivity index is 1.96. The fourth-order valence-corrected chi connectivity index (χ4v) is 2.32. The zero-order chi connectivity index (χ0) is 15.2. The van der Waals surface area contributed by atoms with Gasteiger partial charge >= 0.3 is 0 Å². The lowest BCUT2D eigenvalue weighted by molar-refractivity contribution is 0.547. The van der Waals surface area contributed by atoms with Gasteiger partial charge in [-0.15, -0.1) is 0 Å². The Kier molecular flexibility index (Phi) is 5.28. The smallest absolute Gasteiger partial charge is 0.123 e. The molecule has 0 aromatic heterocycles. The molecule has 0 aliphatic rings. The molecule has 2 nitrogen and oxygen atoms in total. The van der Waals surface area contributed by atoms with Gasteiger partial charge in [0.05, 0.1) is 0 Å². The first-order valence-corrected chi connectivity index (χ1v) is 6.99. The molecule has 0 saturated carbocycles. The molecule has 0 fully saturated rings. The monoisotopic (exact) mass is 290 g/mol. The lowest BCUT2D eigenvalue weighted by Gasteiger charge is -2.23. The minimum Gasteiger partial charge on any atom is -0.375 e. The van der Waals surface area contributed by atoms with E-state index in [1.54, 1.807) is 24.3 Å². The summed E-state index contributed by atoms with van der Waals surface area (Å²) in [5.41, 5.74) is 2.04. The molecule has 2 rings (SSSR count). The van der Waals surface area contributed by atoms with Crippen molar-refractivity contribution in [2.45, 2.75) is 12.5 Å². The molecule has 1 N–H and O–H groups in total. The summed E-state index contributed by atoms with van der Waals surface area (Å²) in [6.45, 7) is 0.814. The van der Waals surface area contributed by atoms with Gasteiger partial charge < -0.3 is 10.2 Å². The van der Waals surface area contributed by atoms with Crippen molar-refractivity contribution in [2.24, 2.45) is 0 Å². The Hall–Kier alpha value is -1.94. The standard InChI is InChI=1S/C17H20F2N2/c1-20-17(13-3-5-14(18)6-4-13)11-12-21(2)16-9-7-15(19)8-10-16/h3-10,17,20H,11-12H2,1-2H3. The molecule has 0 saturated heterocycles. The van der Waals surface area contributed by atoms with E-state index in [2.05, 4.69) is 10.2 Å². The molecule has 0 spiro atoms. The van der Waals surface area contributed by atoms with Crippen molar-refractivity contribution in [2.75, 3.05) is 25.5 Å². The molecule has 0 heterocycles. The molecule has 0 radical (unpaired) electrons. The van der Waals surface area contributed by atoms with Gasteiger partial charge in [0, 0.05) is 25.3 Å². The maximum Gasteiger partial charge on any atom is 0.123 e. The van der Waals surface area contributed by atoms with E-state index in [0.717, 1.165) is 24.2 Å². The van der Waals surface area contributed by atoms with Crippen molar-refractivity contribution in [3.8, 4) is 0 Å². The molecule has 2 aromatic rings. The number of nitrogens with zero attached hydrogens (tertiary/aromatic N) is 1. The minimum absolute atomic E-state index is 0.161. The topological polar surface area (TPSA) is 15.3 Å². The van der Waals surface area contributed by atoms with Crippen LogP contribution in [0.4, 0.5) is 14.5 Å². The highest BCUT2D eigenvalue weighted by Crippen LogP contribution is 2.19. The predicted molar refractivity (Wildman–Crippen MR) is 82.5 cm³/mol. The largest absolute Gasteiger partial charge is 0.375 e. The highest BCUT2D eigenvalue weighted by atomic mass is 19.1. The van der Waals surface area contributed by atoms with Gasteiger partial charge in [-0.1, -0.05) is 12.1 Å². The molecule has 2 aromatic carbocycles. The van der Waals surface area contributed by atoms with Crippen molar-refractivity contribution in [3.63, 3.8) is 0 Å². The molecule has 0 bridgehead atoms. The Morgan fingerprint density at radius 1 is 0.952 bits per heavy atom. The predicted octanol–water partition coefficient (Wildman–Crippen LogP) is 3.75. The molecular formula is C17H20F2N2. The third-order valence-corrected chi connectivity index (χ3v) is 3.64. The Morgan fingerprint density at radius 2 is 1.48 bits per heavy atom. The quantitative estimate of drug-likeness (QED) is 0.871. The van der Waals surface area contributed by atoms with E-state index in [-0.39, 0.29) is 17.7 Å². The lowest BCUT2D eigenvalue weighted by Crippen LogP contribution is -2.25. The molecule has 1 unspecified atom stereocenters. The first kappa shape index (κ1) is 15.4. The van der Waals surface area contributed by atoms with Crippen LogP contribution >= 0.6 is 0 Å². The van der Waals surface area contributed by atoms with E-state index in [1.807, 2.05) is 14.1 Å². The van der Waals surface area contributed by atoms with E-state index >= 15 is 0 Å². The van der Waals surface area contributed by atoms with Crippen molar-refractivity contribution < 1.29 is 8.78 Å². The van der Waals surface area contributed by atoms with E-state index in [0.29, 0.717) is 0 Å². The van der Waals surface area contributed by atoms with Crippen LogP contribution in [-0.4, -0.2) is 20.6 Å². The summed E-state index contributed by atoms with van der Waals surface area (Å²) in [5, 5.41) is 3.24. The number of rotatable bonds is 6. The lowest BCUT2D eigenvalue weighted by atomic mass is 10.0. The summed E-state index contributed by atoms with van der Waals surface area (Å²) in [7, 11) is 3.87. The van der Waals surface area contributed by atoms with Crippen LogP contribution in [0.25, 0.3) is 0 Å². The first-order valence-electron chi connectivity index (χ1n) is 6.99. The SMILES string of the molecule is CNC(CCN(C)c1ccc(F)cc1)c1ccc(F)cc1. The zero-order valence-electron chi connectivity index (χ0n) is 12.3. The van der Waals surface area contributed by atoms with Crippen LogP contribution in [0.15, 0.2) is 48.5 Å². The number of nitrogens with one attached hydrogen (secondary N) is 1. The van der Waals surface area contributed by atoms with Gasteiger partial charge in [-0.2, -0.15) is 0 Å². The van der Waals surface area contributed by atoms with E-state index < -0.39 is 0 Å². The molecule has 1 atom stereocenters. The highest BCUT2D eigenvalue weighted by molar-refractivity contribution is 5.45. The van der Waals surface area contributed by atoms with E-state index in [1.165, 1.54) is 24.3 Å². The first-order chi connectivity index (χ1) is 10.1. The van der Waals surface area contributed by atoms with E-state index in [9.17, 15) is 8.78 Å². The van der Waals surface area contributed by atoms with Crippen molar-refractivity contribution in [1.82, 2.24) is 5.32 Å². The zero-order valence-corrected chi connectivity index (χ0v) is 12.3. The van der Waals surface area contributed by atoms with E-state index in [4.69, 9.17) is 0 Å². The van der Waals surface area contributed by atoms with Crippen molar-refractivity contribution >= 4 is 5.69 Å². The van der Waals surface area contributed by atoms with Gasteiger partial charge in [-0.3, -0.25) is 0 Å². The van der Waals surface area contributed by atoms with Crippen LogP contribution in [0, 0.1) is 11.6 Å². The van der Waals surface area contributed by atoms with Gasteiger partial charge in [0.25, 0.3) is 0 Å². The number of halogens is 2. The normalized spacial score (nSPS) is 12.2. The molecule has 21 heavy (non-hydrogen) atoms. The minimum atomic E-state index is -0.230. The third kappa shape index (κ3) is 4.26. The number of benzene rings is 2. The van der Waals surface area contributed by atoms with Crippen molar-refractivity contribution in [1.29, 1.82) is 0 Å². The van der Waals surface area contributed by atoms with Crippen LogP contribution < -0.4 is 10.2 Å². The summed E-state index contributed by atoms with van der Waals surface area (Å²) in [6, 6.07) is 13.2. The summed E-state index contributed by atoms with van der Waals surface area (Å²) < 4.78 is 25.9. The molecule has 4 heteroatoms. The highest BCUT2D eigenvalue weighted by Gasteiger charge is 2.11. The second-order valence-corrected chi connectivity index (χ2v) is 5.08. The van der Waals surface area contributed by atoms with Crippen LogP contribution in [0.2, 0.25) is 0 Å². The van der Waals surface area contributed by atoms with Gasteiger partial charge in [0.2, 0.25) is 0 Å². The van der Waals surface area contributed by atoms with Gasteiger partial charge in [0.15, 0.2) is 0 Å². The molecule has 0 aliphatic heterocycles. The Bertz CT molecular complexity index is 552. The summed E-state index contributed by atoms with van der Waals surface area (Å²) in [4.78, 5) is 2.08. The summed E-state index contributed by atoms with van der Waals surface area (Å²) in [5.74, 6) is -0.455. The second kappa shape index (κ2) is 7.18. The molecule has 0 aliphatic carbocycles. The number of anilines is 1. The maximum atomic E-state index is 13.0. The maximum absolute atomic E-state index is 13.0. The van der Waals surface area contributed by atoms with Gasteiger partial charge in [0.1, 0.15) is 11.6 Å². The van der Waals surface area contributed by atoms with Crippen molar-refractivity contribution in [3.05, 3.63) is 65.7 Å². The van der Waals surface area contributed by atoms with Gasteiger partial charge in [-0.05, 0) is 55.4 Å². The second-order valence-electron chi connectivity index (χ2n) is 5.08. The summed E-state index contributed by atoms with van der Waals surface area (Å²) >= 11 is 0. The third-order valence-electron chi connectivity index (χ3n) is 3.64. The van der Waals surface area contributed by atoms with Crippen LogP contribution in [-0.2, 0) is 0 Å². The average molecular weight is 290 g/mol. The molecule has 0 amide bonds. The molecular weight excluding hydrogens is 270 g/mol. The molecule has 112 valence electrons. The average Bonchev–Trinajstić information content (AvgIpc) is 2.50. The fourth-order valence-electron chi connectivity index (χ4n) is 2.32. The van der Waals surface area contributed by atoms with Crippen LogP contribution in [0.1, 0.15) is 18.0 Å².